The van der Waals surface area contributed by atoms with Crippen LogP contribution in [0.25, 0.3) is 0 Å². The Morgan fingerprint density at radius 2 is 2.10 bits per heavy atom. The van der Waals surface area contributed by atoms with Crippen molar-refractivity contribution in [3.63, 3.8) is 0 Å². The van der Waals surface area contributed by atoms with Gasteiger partial charge in [-0.3, -0.25) is 0 Å². The van der Waals surface area contributed by atoms with Crippen molar-refractivity contribution in [3.8, 4) is 0 Å². The molecule has 6 heteroatoms. The molecule has 0 atom stereocenters. The van der Waals surface area contributed by atoms with Gasteiger partial charge in [0, 0.05) is 11.6 Å². The molecular weight excluding hydrogens is 266 g/mol. The third-order valence-corrected chi connectivity index (χ3v) is 4.09. The second kappa shape index (κ2) is 6.22. The molecule has 0 radical (unpaired) electrons. The van der Waals surface area contributed by atoms with Crippen LogP contribution in [0, 0.1) is 6.92 Å². The summed E-state index contributed by atoms with van der Waals surface area (Å²) < 4.78 is 4.70. The van der Waals surface area contributed by atoms with Gasteiger partial charge in [0.05, 0.1) is 6.54 Å². The molecule has 0 aromatic carbocycles. The first-order valence-electron chi connectivity index (χ1n) is 7.40. The molecule has 0 amide bonds. The van der Waals surface area contributed by atoms with Gasteiger partial charge in [-0.05, 0) is 52.0 Å². The van der Waals surface area contributed by atoms with Crippen LogP contribution in [0.5, 0.6) is 0 Å². The summed E-state index contributed by atoms with van der Waals surface area (Å²) in [4.78, 5) is 7.12. The van der Waals surface area contributed by atoms with Crippen molar-refractivity contribution in [1.82, 2.24) is 20.2 Å². The van der Waals surface area contributed by atoms with E-state index in [1.807, 2.05) is 13.0 Å². The molecule has 21 heavy (non-hydrogen) atoms. The smallest absolute Gasteiger partial charge is 0.127 e. The Morgan fingerprint density at radius 3 is 2.81 bits per heavy atom. The second-order valence-electron chi connectivity index (χ2n) is 5.68. The number of hydrogen-bond donors (Lipinski definition) is 1. The van der Waals surface area contributed by atoms with Crippen LogP contribution in [0.2, 0.25) is 0 Å². The molecule has 3 heterocycles. The minimum atomic E-state index is 0.568. The number of likely N-dealkylation sites (tertiary alicyclic amines) is 1. The van der Waals surface area contributed by atoms with Crippen LogP contribution in [-0.4, -0.2) is 40.3 Å². The van der Waals surface area contributed by atoms with Crippen molar-refractivity contribution in [2.24, 2.45) is 0 Å². The molecule has 1 fully saturated rings. The SMILES string of the molecule is Cc1nonc1CNc1cccc(C2CCN(C)CC2)n1. The van der Waals surface area contributed by atoms with E-state index < -0.39 is 0 Å². The highest BCUT2D eigenvalue weighted by molar-refractivity contribution is 5.36. The topological polar surface area (TPSA) is 67.1 Å². The van der Waals surface area contributed by atoms with Gasteiger partial charge in [-0.2, -0.15) is 0 Å². The number of piperidine rings is 1. The molecule has 0 unspecified atom stereocenters. The molecule has 2 aromatic heterocycles. The lowest BCUT2D eigenvalue weighted by atomic mass is 9.93. The molecule has 0 spiro atoms. The van der Waals surface area contributed by atoms with E-state index in [0.717, 1.165) is 30.3 Å². The van der Waals surface area contributed by atoms with Gasteiger partial charge < -0.3 is 10.2 Å². The zero-order valence-corrected chi connectivity index (χ0v) is 12.5. The maximum atomic E-state index is 4.74. The maximum Gasteiger partial charge on any atom is 0.127 e. The highest BCUT2D eigenvalue weighted by Crippen LogP contribution is 2.26. The van der Waals surface area contributed by atoms with Gasteiger partial charge in [0.1, 0.15) is 17.2 Å². The lowest BCUT2D eigenvalue weighted by molar-refractivity contribution is 0.253. The Bertz CT molecular complexity index is 589. The molecule has 2 aromatic rings. The number of anilines is 1. The normalized spacial score (nSPS) is 17.0. The summed E-state index contributed by atoms with van der Waals surface area (Å²) >= 11 is 0. The first-order chi connectivity index (χ1) is 10.2. The highest BCUT2D eigenvalue weighted by Gasteiger charge is 2.19. The Kier molecular flexibility index (Phi) is 4.15. The summed E-state index contributed by atoms with van der Waals surface area (Å²) in [5.74, 6) is 1.45. The summed E-state index contributed by atoms with van der Waals surface area (Å²) in [7, 11) is 2.18. The van der Waals surface area contributed by atoms with Crippen molar-refractivity contribution in [2.75, 3.05) is 25.5 Å². The maximum absolute atomic E-state index is 4.74. The third-order valence-electron chi connectivity index (χ3n) is 4.09. The predicted molar refractivity (Wildman–Crippen MR) is 80.1 cm³/mol. The minimum absolute atomic E-state index is 0.568. The van der Waals surface area contributed by atoms with Gasteiger partial charge in [-0.25, -0.2) is 9.61 Å². The number of aromatic nitrogens is 3. The monoisotopic (exact) mass is 287 g/mol. The summed E-state index contributed by atoms with van der Waals surface area (Å²) in [6.07, 6.45) is 2.36. The Balaban J connectivity index is 1.64. The Hall–Kier alpha value is -1.95. The Morgan fingerprint density at radius 1 is 1.29 bits per heavy atom. The summed E-state index contributed by atoms with van der Waals surface area (Å²) in [5, 5.41) is 10.9. The molecule has 112 valence electrons. The van der Waals surface area contributed by atoms with Crippen molar-refractivity contribution >= 4 is 5.82 Å². The van der Waals surface area contributed by atoms with Crippen molar-refractivity contribution in [1.29, 1.82) is 0 Å². The van der Waals surface area contributed by atoms with E-state index in [1.54, 1.807) is 0 Å². The number of aryl methyl sites for hydroxylation is 1. The van der Waals surface area contributed by atoms with E-state index in [4.69, 9.17) is 9.61 Å². The van der Waals surface area contributed by atoms with Crippen LogP contribution in [0.3, 0.4) is 0 Å². The molecule has 1 aliphatic heterocycles. The third kappa shape index (κ3) is 3.39. The largest absolute Gasteiger partial charge is 0.364 e. The van der Waals surface area contributed by atoms with E-state index in [2.05, 4.69) is 39.7 Å². The van der Waals surface area contributed by atoms with Gasteiger partial charge in [-0.15, -0.1) is 0 Å². The molecule has 3 rings (SSSR count). The fourth-order valence-electron chi connectivity index (χ4n) is 2.67. The standard InChI is InChI=1S/C15H21N5O/c1-11-14(19-21-18-11)10-16-15-5-3-4-13(17-15)12-6-8-20(2)9-7-12/h3-5,12H,6-10H2,1-2H3,(H,16,17). The zero-order chi connectivity index (χ0) is 14.7. The molecule has 0 bridgehead atoms. The Labute approximate surface area is 124 Å². The summed E-state index contributed by atoms with van der Waals surface area (Å²) in [6, 6.07) is 6.18. The van der Waals surface area contributed by atoms with Crippen LogP contribution in [0.1, 0.15) is 35.8 Å². The van der Waals surface area contributed by atoms with E-state index in [1.165, 1.54) is 18.5 Å². The van der Waals surface area contributed by atoms with Crippen molar-refractivity contribution in [2.45, 2.75) is 32.2 Å². The first-order valence-corrected chi connectivity index (χ1v) is 7.40. The van der Waals surface area contributed by atoms with Gasteiger partial charge >= 0.3 is 0 Å². The molecule has 6 nitrogen and oxygen atoms in total. The number of nitrogens with one attached hydrogen (secondary N) is 1. The highest BCUT2D eigenvalue weighted by atomic mass is 16.6. The minimum Gasteiger partial charge on any atom is -0.364 e. The average Bonchev–Trinajstić information content (AvgIpc) is 2.91. The number of hydrogen-bond acceptors (Lipinski definition) is 6. The van der Waals surface area contributed by atoms with E-state index >= 15 is 0 Å². The fourth-order valence-corrected chi connectivity index (χ4v) is 2.67. The van der Waals surface area contributed by atoms with E-state index in [9.17, 15) is 0 Å². The molecule has 0 aliphatic carbocycles. The molecular formula is C15H21N5O. The quantitative estimate of drug-likeness (QED) is 0.930. The van der Waals surface area contributed by atoms with Gasteiger partial charge in [0.2, 0.25) is 0 Å². The van der Waals surface area contributed by atoms with E-state index in [0.29, 0.717) is 12.5 Å². The van der Waals surface area contributed by atoms with Crippen LogP contribution >= 0.6 is 0 Å². The van der Waals surface area contributed by atoms with Crippen molar-refractivity contribution < 1.29 is 4.63 Å². The molecule has 1 saturated heterocycles. The molecule has 1 N–H and O–H groups in total. The second-order valence-corrected chi connectivity index (χ2v) is 5.68. The van der Waals surface area contributed by atoms with Crippen LogP contribution in [0.4, 0.5) is 5.82 Å². The fraction of sp³-hybridized carbons (Fsp3) is 0.533. The first kappa shape index (κ1) is 14.0. The molecule has 1 aliphatic rings. The predicted octanol–water partition coefficient (Wildman–Crippen LogP) is 2.19. The lowest BCUT2D eigenvalue weighted by Crippen LogP contribution is -2.29. The van der Waals surface area contributed by atoms with Gasteiger partial charge in [0.15, 0.2) is 0 Å². The van der Waals surface area contributed by atoms with Crippen LogP contribution in [-0.2, 0) is 6.54 Å². The van der Waals surface area contributed by atoms with Crippen LogP contribution < -0.4 is 5.32 Å². The molecule has 0 saturated carbocycles. The van der Waals surface area contributed by atoms with Gasteiger partial charge in [-0.1, -0.05) is 16.4 Å². The number of pyridine rings is 1. The number of rotatable bonds is 4. The zero-order valence-electron chi connectivity index (χ0n) is 12.5. The lowest BCUT2D eigenvalue weighted by Gasteiger charge is -2.28. The van der Waals surface area contributed by atoms with Crippen molar-refractivity contribution in [3.05, 3.63) is 35.3 Å². The average molecular weight is 287 g/mol. The summed E-state index contributed by atoms with van der Waals surface area (Å²) in [5.41, 5.74) is 2.82. The number of nitrogens with zero attached hydrogens (tertiary/aromatic N) is 4. The van der Waals surface area contributed by atoms with E-state index in [-0.39, 0.29) is 0 Å². The van der Waals surface area contributed by atoms with Gasteiger partial charge in [0.25, 0.3) is 0 Å². The summed E-state index contributed by atoms with van der Waals surface area (Å²) in [6.45, 7) is 4.76. The van der Waals surface area contributed by atoms with Crippen LogP contribution in [0.15, 0.2) is 22.8 Å².